The Morgan fingerprint density at radius 3 is 2.44 bits per heavy atom. The van der Waals surface area contributed by atoms with Crippen molar-refractivity contribution in [3.63, 3.8) is 0 Å². The Labute approximate surface area is 203 Å². The summed E-state index contributed by atoms with van der Waals surface area (Å²) >= 11 is 0. The molecule has 2 heterocycles. The number of methoxy groups -OCH3 is 1. The number of carbonyl (C=O) groups is 1. The summed E-state index contributed by atoms with van der Waals surface area (Å²) in [7, 11) is 1.37. The number of phenolic OH excluding ortho intramolecular Hbond substituents is 2. The molecular formula is C24H24O12. The molecule has 5 unspecified atom stereocenters. The Morgan fingerprint density at radius 2 is 1.75 bits per heavy atom. The third-order valence-electron chi connectivity index (χ3n) is 5.62. The molecular weight excluding hydrogens is 480 g/mol. The van der Waals surface area contributed by atoms with E-state index >= 15 is 0 Å². The first-order valence-corrected chi connectivity index (χ1v) is 10.8. The fourth-order valence-electron chi connectivity index (χ4n) is 3.77. The Kier molecular flexibility index (Phi) is 7.04. The van der Waals surface area contributed by atoms with Crippen LogP contribution in [0.2, 0.25) is 0 Å². The summed E-state index contributed by atoms with van der Waals surface area (Å²) in [5, 5.41) is 50.8. The first-order chi connectivity index (χ1) is 17.1. The van der Waals surface area contributed by atoms with Crippen LogP contribution in [-0.2, 0) is 14.3 Å². The average Bonchev–Trinajstić information content (AvgIpc) is 2.83. The summed E-state index contributed by atoms with van der Waals surface area (Å²) in [5.41, 5.74) is -0.218. The van der Waals surface area contributed by atoms with Crippen LogP contribution in [0.15, 0.2) is 45.6 Å². The summed E-state index contributed by atoms with van der Waals surface area (Å²) in [6, 6.07) is 7.86. The van der Waals surface area contributed by atoms with Crippen molar-refractivity contribution in [3.05, 3.63) is 46.6 Å². The molecule has 5 N–H and O–H groups in total. The van der Waals surface area contributed by atoms with Crippen molar-refractivity contribution in [2.75, 3.05) is 13.7 Å². The van der Waals surface area contributed by atoms with Gasteiger partial charge in [0.05, 0.1) is 7.11 Å². The molecule has 1 aliphatic rings. The van der Waals surface area contributed by atoms with Gasteiger partial charge in [-0.15, -0.1) is 0 Å². The summed E-state index contributed by atoms with van der Waals surface area (Å²) in [5.74, 6) is -1.06. The normalized spacial score (nSPS) is 23.9. The summed E-state index contributed by atoms with van der Waals surface area (Å²) in [6.45, 7) is 0.750. The lowest BCUT2D eigenvalue weighted by molar-refractivity contribution is -0.278. The second-order valence-corrected chi connectivity index (χ2v) is 8.11. The molecule has 12 heteroatoms. The number of aliphatic hydroxyl groups excluding tert-OH is 3. The fourth-order valence-corrected chi connectivity index (χ4v) is 3.77. The van der Waals surface area contributed by atoms with Gasteiger partial charge in [-0.25, -0.2) is 0 Å². The van der Waals surface area contributed by atoms with Gasteiger partial charge < -0.3 is 48.9 Å². The quantitative estimate of drug-likeness (QED) is 0.295. The van der Waals surface area contributed by atoms with E-state index in [2.05, 4.69) is 0 Å². The number of ether oxygens (including phenoxy) is 4. The molecule has 1 aromatic heterocycles. The van der Waals surface area contributed by atoms with E-state index in [0.29, 0.717) is 5.56 Å². The Balaban J connectivity index is 1.67. The first-order valence-electron chi connectivity index (χ1n) is 10.8. The largest absolute Gasteiger partial charge is 0.507 e. The highest BCUT2D eigenvalue weighted by atomic mass is 16.7. The molecule has 0 radical (unpaired) electrons. The number of carbonyl (C=O) groups excluding carboxylic acids is 1. The van der Waals surface area contributed by atoms with Crippen LogP contribution in [-0.4, -0.2) is 75.9 Å². The van der Waals surface area contributed by atoms with Gasteiger partial charge in [-0.05, 0) is 18.2 Å². The van der Waals surface area contributed by atoms with Crippen LogP contribution in [0.1, 0.15) is 6.92 Å². The lowest BCUT2D eigenvalue weighted by Gasteiger charge is -2.39. The molecule has 0 bridgehead atoms. The smallest absolute Gasteiger partial charge is 0.302 e. The number of aromatic hydroxyl groups is 2. The molecule has 0 saturated carbocycles. The predicted octanol–water partition coefficient (Wildman–Crippen LogP) is 0.629. The Hall–Kier alpha value is -3.84. The molecule has 5 atom stereocenters. The molecule has 1 saturated heterocycles. The van der Waals surface area contributed by atoms with Crippen LogP contribution in [0, 0.1) is 0 Å². The van der Waals surface area contributed by atoms with Gasteiger partial charge in [0.1, 0.15) is 59.3 Å². The highest BCUT2D eigenvalue weighted by molar-refractivity contribution is 5.86. The standard InChI is InChI=1S/C24H24O12/c1-10(25)33-9-19-21(29)22(30)23(31)24(36-19)34-12-6-14(27)20-15(28)8-16(35-18(20)7-12)11-3-4-13(26)17(5-11)32-2/h3-8,19,21-24,26-27,29-31H,9H2,1-2H3. The average molecular weight is 504 g/mol. The van der Waals surface area contributed by atoms with Gasteiger partial charge in [0.25, 0.3) is 0 Å². The first kappa shape index (κ1) is 25.3. The molecule has 3 aromatic rings. The fraction of sp³-hybridized carbons (Fsp3) is 0.333. The van der Waals surface area contributed by atoms with E-state index in [-0.39, 0.29) is 34.0 Å². The van der Waals surface area contributed by atoms with E-state index in [9.17, 15) is 35.1 Å². The maximum Gasteiger partial charge on any atom is 0.302 e. The summed E-state index contributed by atoms with van der Waals surface area (Å²) in [4.78, 5) is 23.8. The molecule has 0 amide bonds. The van der Waals surface area contributed by atoms with Crippen molar-refractivity contribution in [3.8, 4) is 34.3 Å². The zero-order valence-corrected chi connectivity index (χ0v) is 19.2. The topological polar surface area (TPSA) is 185 Å². The van der Waals surface area contributed by atoms with Gasteiger partial charge in [-0.3, -0.25) is 9.59 Å². The van der Waals surface area contributed by atoms with Gasteiger partial charge in [0, 0.05) is 30.7 Å². The van der Waals surface area contributed by atoms with Gasteiger partial charge >= 0.3 is 5.97 Å². The van der Waals surface area contributed by atoms with Gasteiger partial charge in [-0.2, -0.15) is 0 Å². The highest BCUT2D eigenvalue weighted by Gasteiger charge is 2.45. The van der Waals surface area contributed by atoms with E-state index in [1.165, 1.54) is 37.4 Å². The lowest BCUT2D eigenvalue weighted by Crippen LogP contribution is -2.60. The van der Waals surface area contributed by atoms with E-state index in [1.54, 1.807) is 0 Å². The zero-order chi connectivity index (χ0) is 26.1. The van der Waals surface area contributed by atoms with Gasteiger partial charge in [0.2, 0.25) is 6.29 Å². The second-order valence-electron chi connectivity index (χ2n) is 8.11. The van der Waals surface area contributed by atoms with E-state index in [0.717, 1.165) is 13.0 Å². The van der Waals surface area contributed by atoms with Crippen molar-refractivity contribution < 1.29 is 53.7 Å². The number of esters is 1. The van der Waals surface area contributed by atoms with Crippen LogP contribution in [0.25, 0.3) is 22.3 Å². The minimum atomic E-state index is -1.70. The highest BCUT2D eigenvalue weighted by Crippen LogP contribution is 2.35. The SMILES string of the molecule is COc1cc(-c2cc(=O)c3c(O)cc(OC4OC(COC(C)=O)C(O)C(O)C4O)cc3o2)ccc1O. The maximum atomic E-state index is 12.7. The second kappa shape index (κ2) is 10.0. The molecule has 0 spiro atoms. The van der Waals surface area contributed by atoms with E-state index in [1.807, 2.05) is 0 Å². The minimum absolute atomic E-state index is 0.0677. The Bertz CT molecular complexity index is 1330. The number of aliphatic hydroxyl groups is 3. The van der Waals surface area contributed by atoms with Crippen molar-refractivity contribution in [2.24, 2.45) is 0 Å². The third-order valence-corrected chi connectivity index (χ3v) is 5.62. The van der Waals surface area contributed by atoms with Gasteiger partial charge in [0.15, 0.2) is 16.9 Å². The Morgan fingerprint density at radius 1 is 1.00 bits per heavy atom. The molecule has 1 aliphatic heterocycles. The molecule has 1 fully saturated rings. The summed E-state index contributed by atoms with van der Waals surface area (Å²) < 4.78 is 26.8. The van der Waals surface area contributed by atoms with Gasteiger partial charge in [-0.1, -0.05) is 0 Å². The number of hydrogen-bond acceptors (Lipinski definition) is 12. The molecule has 12 nitrogen and oxygen atoms in total. The number of rotatable bonds is 6. The van der Waals surface area contributed by atoms with Crippen LogP contribution in [0.3, 0.4) is 0 Å². The number of hydrogen-bond donors (Lipinski definition) is 5. The van der Waals surface area contributed by atoms with Crippen molar-refractivity contribution in [1.29, 1.82) is 0 Å². The van der Waals surface area contributed by atoms with E-state index in [4.69, 9.17) is 23.4 Å². The number of benzene rings is 2. The summed E-state index contributed by atoms with van der Waals surface area (Å²) in [6.07, 6.45) is -7.69. The predicted molar refractivity (Wildman–Crippen MR) is 122 cm³/mol. The molecule has 4 rings (SSSR count). The molecule has 36 heavy (non-hydrogen) atoms. The zero-order valence-electron chi connectivity index (χ0n) is 19.2. The monoisotopic (exact) mass is 504 g/mol. The molecule has 192 valence electrons. The molecule has 2 aromatic carbocycles. The number of fused-ring (bicyclic) bond motifs is 1. The van der Waals surface area contributed by atoms with Crippen LogP contribution < -0.4 is 14.9 Å². The third kappa shape index (κ3) is 4.93. The maximum absolute atomic E-state index is 12.7. The van der Waals surface area contributed by atoms with Crippen LogP contribution in [0.5, 0.6) is 23.0 Å². The van der Waals surface area contributed by atoms with E-state index < -0.39 is 54.5 Å². The van der Waals surface area contributed by atoms with Crippen molar-refractivity contribution in [2.45, 2.75) is 37.6 Å². The lowest BCUT2D eigenvalue weighted by atomic mass is 9.99. The van der Waals surface area contributed by atoms with Crippen molar-refractivity contribution in [1.82, 2.24) is 0 Å². The minimum Gasteiger partial charge on any atom is -0.507 e. The molecule has 0 aliphatic carbocycles. The van der Waals surface area contributed by atoms with Crippen LogP contribution in [0.4, 0.5) is 0 Å². The van der Waals surface area contributed by atoms with Crippen molar-refractivity contribution >= 4 is 16.9 Å². The number of phenols is 2. The van der Waals surface area contributed by atoms with Crippen LogP contribution >= 0.6 is 0 Å².